The first-order valence-corrected chi connectivity index (χ1v) is 8.02. The second-order valence-electron chi connectivity index (χ2n) is 5.63. The van der Waals surface area contributed by atoms with E-state index in [0.29, 0.717) is 22.7 Å². The van der Waals surface area contributed by atoms with Gasteiger partial charge in [0.2, 0.25) is 5.91 Å². The van der Waals surface area contributed by atoms with Gasteiger partial charge in [-0.15, -0.1) is 0 Å². The highest BCUT2D eigenvalue weighted by atomic mass is 16.5. The minimum absolute atomic E-state index is 0.173. The number of carbonyl (C=O) groups excluding carboxylic acids is 2. The molecule has 7 heteroatoms. The maximum absolute atomic E-state index is 12.4. The lowest BCUT2D eigenvalue weighted by molar-refractivity contribution is -0.115. The van der Waals surface area contributed by atoms with Crippen molar-refractivity contribution in [3.05, 3.63) is 54.3 Å². The van der Waals surface area contributed by atoms with Crippen LogP contribution in [0.5, 0.6) is 5.75 Å². The van der Waals surface area contributed by atoms with E-state index in [1.165, 1.54) is 7.05 Å². The molecule has 1 aromatic heterocycles. The Bertz CT molecular complexity index is 949. The third kappa shape index (κ3) is 3.94. The number of urea groups is 1. The Morgan fingerprint density at radius 2 is 1.85 bits per heavy atom. The second-order valence-corrected chi connectivity index (χ2v) is 5.63. The number of carbonyl (C=O) groups is 2. The highest BCUT2D eigenvalue weighted by Gasteiger charge is 2.12. The molecular formula is C19H19N3O4. The van der Waals surface area contributed by atoms with Crippen molar-refractivity contribution in [1.82, 2.24) is 5.32 Å². The number of fused-ring (bicyclic) bond motifs is 1. The number of rotatable bonds is 5. The topological polar surface area (TPSA) is 92.6 Å². The zero-order valence-corrected chi connectivity index (χ0v) is 14.5. The normalized spacial score (nSPS) is 10.4. The number of furan rings is 1. The van der Waals surface area contributed by atoms with E-state index in [2.05, 4.69) is 16.0 Å². The molecule has 7 nitrogen and oxygen atoms in total. The van der Waals surface area contributed by atoms with Crippen molar-refractivity contribution >= 4 is 34.3 Å². The van der Waals surface area contributed by atoms with Gasteiger partial charge in [0.25, 0.3) is 0 Å². The molecule has 0 spiro atoms. The van der Waals surface area contributed by atoms with E-state index in [1.54, 1.807) is 43.7 Å². The fraction of sp³-hybridized carbons (Fsp3) is 0.158. The third-order valence-electron chi connectivity index (χ3n) is 3.85. The van der Waals surface area contributed by atoms with Crippen LogP contribution in [0.4, 0.5) is 16.2 Å². The molecule has 26 heavy (non-hydrogen) atoms. The van der Waals surface area contributed by atoms with Gasteiger partial charge in [0, 0.05) is 35.4 Å². The number of nitrogens with one attached hydrogen (secondary N) is 3. The number of hydrogen-bond acceptors (Lipinski definition) is 4. The molecule has 0 fully saturated rings. The van der Waals surface area contributed by atoms with Crippen LogP contribution >= 0.6 is 0 Å². The van der Waals surface area contributed by atoms with Crippen molar-refractivity contribution in [2.24, 2.45) is 0 Å². The lowest BCUT2D eigenvalue weighted by Crippen LogP contribution is -2.24. The first-order chi connectivity index (χ1) is 12.6. The molecule has 2 aromatic carbocycles. The van der Waals surface area contributed by atoms with E-state index in [0.717, 1.165) is 10.9 Å². The Morgan fingerprint density at radius 3 is 2.58 bits per heavy atom. The Labute approximate surface area is 150 Å². The molecule has 1 heterocycles. The van der Waals surface area contributed by atoms with E-state index in [9.17, 15) is 9.59 Å². The fourth-order valence-electron chi connectivity index (χ4n) is 2.57. The number of ether oxygens (including phenoxy) is 1. The van der Waals surface area contributed by atoms with E-state index in [1.807, 2.05) is 12.1 Å². The van der Waals surface area contributed by atoms with E-state index >= 15 is 0 Å². The molecule has 0 aliphatic heterocycles. The predicted molar refractivity (Wildman–Crippen MR) is 99.6 cm³/mol. The van der Waals surface area contributed by atoms with E-state index in [-0.39, 0.29) is 18.4 Å². The lowest BCUT2D eigenvalue weighted by atomic mass is 10.1. The molecule has 0 radical (unpaired) electrons. The smallest absolute Gasteiger partial charge is 0.318 e. The van der Waals surface area contributed by atoms with Crippen LogP contribution in [0, 0.1) is 0 Å². The average Bonchev–Trinajstić information content (AvgIpc) is 3.03. The van der Waals surface area contributed by atoms with Crippen molar-refractivity contribution in [2.45, 2.75) is 6.42 Å². The molecule has 0 bridgehead atoms. The van der Waals surface area contributed by atoms with Crippen molar-refractivity contribution in [3.63, 3.8) is 0 Å². The van der Waals surface area contributed by atoms with Crippen LogP contribution in [0.3, 0.4) is 0 Å². The first-order valence-electron chi connectivity index (χ1n) is 8.02. The zero-order valence-electron chi connectivity index (χ0n) is 14.5. The van der Waals surface area contributed by atoms with Crippen LogP contribution in [0.2, 0.25) is 0 Å². The maximum Gasteiger partial charge on any atom is 0.318 e. The van der Waals surface area contributed by atoms with Crippen molar-refractivity contribution in [3.8, 4) is 5.75 Å². The van der Waals surface area contributed by atoms with E-state index < -0.39 is 0 Å². The Morgan fingerprint density at radius 1 is 1.08 bits per heavy atom. The number of benzene rings is 2. The van der Waals surface area contributed by atoms with Crippen LogP contribution in [-0.4, -0.2) is 26.1 Å². The monoisotopic (exact) mass is 353 g/mol. The van der Waals surface area contributed by atoms with Crippen LogP contribution in [-0.2, 0) is 11.2 Å². The molecule has 3 rings (SSSR count). The van der Waals surface area contributed by atoms with Crippen LogP contribution in [0.25, 0.3) is 11.0 Å². The standard InChI is InChI=1S/C19H19N3O4/c1-20-19(24)22-14-5-3-4-13(9-14)21-18(23)8-12-11-26-17-10-15(25-2)6-7-16(12)17/h3-7,9-11H,8H2,1-2H3,(H,21,23)(H2,20,22,24). The summed E-state index contributed by atoms with van der Waals surface area (Å²) in [5, 5.41) is 8.82. The summed E-state index contributed by atoms with van der Waals surface area (Å²) in [7, 11) is 3.12. The maximum atomic E-state index is 12.4. The molecule has 134 valence electrons. The molecule has 0 aliphatic rings. The van der Waals surface area contributed by atoms with Crippen LogP contribution in [0.15, 0.2) is 53.1 Å². The van der Waals surface area contributed by atoms with Crippen LogP contribution < -0.4 is 20.7 Å². The molecule has 3 amide bonds. The fourth-order valence-corrected chi connectivity index (χ4v) is 2.57. The number of amides is 3. The van der Waals surface area contributed by atoms with Gasteiger partial charge in [-0.3, -0.25) is 4.79 Å². The molecule has 3 N–H and O–H groups in total. The Balaban J connectivity index is 1.69. The van der Waals surface area contributed by atoms with Gasteiger partial charge in [-0.05, 0) is 30.3 Å². The molecule has 0 atom stereocenters. The Kier molecular flexibility index (Phi) is 5.07. The summed E-state index contributed by atoms with van der Waals surface area (Å²) in [6.45, 7) is 0. The lowest BCUT2D eigenvalue weighted by Gasteiger charge is -2.08. The molecule has 0 unspecified atom stereocenters. The molecular weight excluding hydrogens is 334 g/mol. The summed E-state index contributed by atoms with van der Waals surface area (Å²) in [5.74, 6) is 0.517. The number of anilines is 2. The minimum Gasteiger partial charge on any atom is -0.497 e. The van der Waals surface area contributed by atoms with E-state index in [4.69, 9.17) is 9.15 Å². The van der Waals surface area contributed by atoms with Gasteiger partial charge >= 0.3 is 6.03 Å². The SMILES string of the molecule is CNC(=O)Nc1cccc(NC(=O)Cc2coc3cc(OC)ccc23)c1. The second kappa shape index (κ2) is 7.60. The minimum atomic E-state index is -0.325. The summed E-state index contributed by atoms with van der Waals surface area (Å²) in [6, 6.07) is 12.1. The summed E-state index contributed by atoms with van der Waals surface area (Å²) < 4.78 is 10.7. The number of hydrogen-bond donors (Lipinski definition) is 3. The highest BCUT2D eigenvalue weighted by molar-refractivity contribution is 5.96. The molecule has 3 aromatic rings. The highest BCUT2D eigenvalue weighted by Crippen LogP contribution is 2.26. The summed E-state index contributed by atoms with van der Waals surface area (Å²) in [6.07, 6.45) is 1.75. The average molecular weight is 353 g/mol. The summed E-state index contributed by atoms with van der Waals surface area (Å²) in [5.41, 5.74) is 2.64. The van der Waals surface area contributed by atoms with Crippen molar-refractivity contribution in [2.75, 3.05) is 24.8 Å². The zero-order chi connectivity index (χ0) is 18.5. The molecule has 0 aliphatic carbocycles. The third-order valence-corrected chi connectivity index (χ3v) is 3.85. The number of methoxy groups -OCH3 is 1. The summed E-state index contributed by atoms with van der Waals surface area (Å²) >= 11 is 0. The van der Waals surface area contributed by atoms with Gasteiger partial charge in [0.05, 0.1) is 19.8 Å². The summed E-state index contributed by atoms with van der Waals surface area (Å²) in [4.78, 5) is 23.7. The van der Waals surface area contributed by atoms with Crippen LogP contribution in [0.1, 0.15) is 5.56 Å². The molecule has 0 saturated carbocycles. The van der Waals surface area contributed by atoms with Gasteiger partial charge in [0.15, 0.2) is 0 Å². The van der Waals surface area contributed by atoms with Crippen molar-refractivity contribution in [1.29, 1.82) is 0 Å². The first kappa shape index (κ1) is 17.3. The van der Waals surface area contributed by atoms with Gasteiger partial charge in [-0.1, -0.05) is 6.07 Å². The van der Waals surface area contributed by atoms with Gasteiger partial charge < -0.3 is 25.1 Å². The quantitative estimate of drug-likeness (QED) is 0.656. The van der Waals surface area contributed by atoms with Gasteiger partial charge in [-0.2, -0.15) is 0 Å². The largest absolute Gasteiger partial charge is 0.497 e. The van der Waals surface area contributed by atoms with Gasteiger partial charge in [0.1, 0.15) is 11.3 Å². The van der Waals surface area contributed by atoms with Crippen molar-refractivity contribution < 1.29 is 18.7 Å². The predicted octanol–water partition coefficient (Wildman–Crippen LogP) is 3.37. The van der Waals surface area contributed by atoms with Gasteiger partial charge in [-0.25, -0.2) is 4.79 Å². The Hall–Kier alpha value is -3.48. The molecule has 0 saturated heterocycles.